The molecule has 3 aromatic heterocycles. The fraction of sp³-hybridized carbons (Fsp3) is 0.115. The molecule has 36 heavy (non-hydrogen) atoms. The molecule has 10 heteroatoms. The van der Waals surface area contributed by atoms with Crippen LogP contribution in [0.3, 0.4) is 0 Å². The molecule has 0 radical (unpaired) electrons. The molecule has 5 rings (SSSR count). The van der Waals surface area contributed by atoms with Crippen molar-refractivity contribution in [1.29, 1.82) is 0 Å². The van der Waals surface area contributed by atoms with E-state index < -0.39 is 0 Å². The number of benzene rings is 2. The van der Waals surface area contributed by atoms with E-state index >= 15 is 0 Å². The Kier molecular flexibility index (Phi) is 7.11. The molecule has 0 amide bonds. The van der Waals surface area contributed by atoms with Crippen LogP contribution in [0.4, 0.5) is 5.95 Å². The Labute approximate surface area is 217 Å². The molecular weight excluding hydrogens is 494 g/mol. The van der Waals surface area contributed by atoms with Crippen molar-refractivity contribution < 1.29 is 4.74 Å². The first-order valence-electron chi connectivity index (χ1n) is 11.1. The predicted octanol–water partition coefficient (Wildman–Crippen LogP) is 6.01. The van der Waals surface area contributed by atoms with Crippen LogP contribution in [0.1, 0.15) is 11.1 Å². The minimum absolute atomic E-state index is 0.473. The lowest BCUT2D eigenvalue weighted by molar-refractivity contribution is 0.482. The van der Waals surface area contributed by atoms with Crippen LogP contribution in [-0.4, -0.2) is 44.1 Å². The van der Waals surface area contributed by atoms with Crippen molar-refractivity contribution in [3.8, 4) is 22.8 Å². The first-order chi connectivity index (χ1) is 17.6. The van der Waals surface area contributed by atoms with Crippen molar-refractivity contribution in [1.82, 2.24) is 24.6 Å². The maximum Gasteiger partial charge on any atom is 0.255 e. The quantitative estimate of drug-likeness (QED) is 0.154. The highest BCUT2D eigenvalue weighted by atomic mass is 35.5. The van der Waals surface area contributed by atoms with Gasteiger partial charge in [0.2, 0.25) is 5.95 Å². The number of nitrogens with one attached hydrogen (secondary N) is 1. The molecule has 0 saturated heterocycles. The van der Waals surface area contributed by atoms with E-state index in [2.05, 4.69) is 20.3 Å². The van der Waals surface area contributed by atoms with Gasteiger partial charge in [-0.2, -0.15) is 9.50 Å². The average Bonchev–Trinajstić information content (AvgIpc) is 3.31. The van der Waals surface area contributed by atoms with Crippen LogP contribution in [0.15, 0.2) is 83.1 Å². The van der Waals surface area contributed by atoms with Crippen LogP contribution in [0.2, 0.25) is 5.02 Å². The Bertz CT molecular complexity index is 1520. The summed E-state index contributed by atoms with van der Waals surface area (Å²) in [5.74, 6) is 2.46. The summed E-state index contributed by atoms with van der Waals surface area (Å²) in [6.07, 6.45) is 7.16. The third kappa shape index (κ3) is 5.17. The van der Waals surface area contributed by atoms with Gasteiger partial charge < -0.3 is 10.1 Å². The van der Waals surface area contributed by atoms with Gasteiger partial charge in [-0.15, -0.1) is 16.9 Å². The van der Waals surface area contributed by atoms with Gasteiger partial charge in [0, 0.05) is 42.8 Å². The normalized spacial score (nSPS) is 11.3. The van der Waals surface area contributed by atoms with E-state index in [-0.39, 0.29) is 0 Å². The summed E-state index contributed by atoms with van der Waals surface area (Å²) in [5.41, 5.74) is 3.65. The molecule has 180 valence electrons. The van der Waals surface area contributed by atoms with E-state index in [0.717, 1.165) is 38.9 Å². The van der Waals surface area contributed by atoms with Gasteiger partial charge in [-0.3, -0.25) is 9.98 Å². The smallest absolute Gasteiger partial charge is 0.255 e. The third-order valence-electron chi connectivity index (χ3n) is 5.30. The number of aromatic nitrogens is 5. The Morgan fingerprint density at radius 2 is 1.83 bits per heavy atom. The maximum absolute atomic E-state index is 6.30. The number of ether oxygens (including phenoxy) is 1. The molecule has 5 aromatic rings. The fourth-order valence-corrected chi connectivity index (χ4v) is 4.41. The van der Waals surface area contributed by atoms with Crippen molar-refractivity contribution in [2.45, 2.75) is 11.6 Å². The molecule has 8 nitrogen and oxygen atoms in total. The molecule has 0 atom stereocenters. The Hall–Kier alpha value is -3.95. The minimum Gasteiger partial charge on any atom is -0.457 e. The average molecular weight is 516 g/mol. The lowest BCUT2D eigenvalue weighted by Gasteiger charge is -2.11. The second kappa shape index (κ2) is 10.8. The van der Waals surface area contributed by atoms with Crippen LogP contribution in [0.25, 0.3) is 17.0 Å². The van der Waals surface area contributed by atoms with Crippen LogP contribution < -0.4 is 10.1 Å². The summed E-state index contributed by atoms with van der Waals surface area (Å²) < 4.78 is 7.57. The number of thioether (sulfide) groups is 1. The van der Waals surface area contributed by atoms with Crippen molar-refractivity contribution in [2.75, 3.05) is 18.6 Å². The van der Waals surface area contributed by atoms with Crippen molar-refractivity contribution in [3.63, 3.8) is 0 Å². The van der Waals surface area contributed by atoms with Gasteiger partial charge in [-0.05, 0) is 48.2 Å². The van der Waals surface area contributed by atoms with Crippen LogP contribution >= 0.6 is 23.4 Å². The topological polar surface area (TPSA) is 89.6 Å². The Balaban J connectivity index is 1.42. The second-order valence-corrected chi connectivity index (χ2v) is 8.94. The Morgan fingerprint density at radius 3 is 2.56 bits per heavy atom. The molecule has 0 aliphatic heterocycles. The summed E-state index contributed by atoms with van der Waals surface area (Å²) in [5, 5.41) is 9.46. The number of aliphatic imine (C=N–C) groups is 1. The van der Waals surface area contributed by atoms with E-state index in [9.17, 15) is 0 Å². The van der Waals surface area contributed by atoms with E-state index in [0.29, 0.717) is 23.3 Å². The van der Waals surface area contributed by atoms with Gasteiger partial charge in [0.05, 0.1) is 11.3 Å². The zero-order chi connectivity index (χ0) is 24.9. The number of halogens is 1. The van der Waals surface area contributed by atoms with E-state index in [4.69, 9.17) is 26.4 Å². The number of fused-ring (bicyclic) bond motifs is 1. The number of hydrogen-bond donors (Lipinski definition) is 1. The Morgan fingerprint density at radius 1 is 1.06 bits per heavy atom. The minimum atomic E-state index is 0.473. The summed E-state index contributed by atoms with van der Waals surface area (Å²) in [6.45, 7) is 0.539. The zero-order valence-electron chi connectivity index (χ0n) is 19.6. The number of rotatable bonds is 8. The van der Waals surface area contributed by atoms with Gasteiger partial charge in [0.1, 0.15) is 16.5 Å². The number of nitrogens with zero attached hydrogens (tertiary/aromatic N) is 6. The van der Waals surface area contributed by atoms with Crippen LogP contribution in [0, 0.1) is 0 Å². The molecule has 0 bridgehead atoms. The second-order valence-electron chi connectivity index (χ2n) is 7.71. The fourth-order valence-electron chi connectivity index (χ4n) is 3.68. The van der Waals surface area contributed by atoms with Gasteiger partial charge in [-0.25, -0.2) is 4.98 Å². The highest BCUT2D eigenvalue weighted by Crippen LogP contribution is 2.31. The molecule has 0 aliphatic rings. The van der Waals surface area contributed by atoms with Gasteiger partial charge in [0.15, 0.2) is 0 Å². The number of pyridine rings is 1. The van der Waals surface area contributed by atoms with Crippen molar-refractivity contribution in [3.05, 3.63) is 89.2 Å². The highest BCUT2D eigenvalue weighted by molar-refractivity contribution is 7.98. The summed E-state index contributed by atoms with van der Waals surface area (Å²) in [4.78, 5) is 17.6. The number of hydrogen-bond acceptors (Lipinski definition) is 8. The predicted molar refractivity (Wildman–Crippen MR) is 145 cm³/mol. The first kappa shape index (κ1) is 23.8. The van der Waals surface area contributed by atoms with Crippen LogP contribution in [0.5, 0.6) is 11.5 Å². The maximum atomic E-state index is 6.30. The van der Waals surface area contributed by atoms with E-state index in [1.54, 1.807) is 30.2 Å². The summed E-state index contributed by atoms with van der Waals surface area (Å²) >= 11 is 7.84. The SMILES string of the molecule is CN=Cc1c(SC)nc2nc(NCc3ccc(Oc4ccncc4)cc3)nn2c1-c1cccc(Cl)c1. The zero-order valence-corrected chi connectivity index (χ0v) is 21.2. The van der Waals surface area contributed by atoms with Gasteiger partial charge >= 0.3 is 0 Å². The highest BCUT2D eigenvalue weighted by Gasteiger charge is 2.19. The molecule has 0 unspecified atom stereocenters. The molecule has 3 heterocycles. The van der Waals surface area contributed by atoms with Gasteiger partial charge in [0.25, 0.3) is 5.78 Å². The molecule has 2 aromatic carbocycles. The summed E-state index contributed by atoms with van der Waals surface area (Å²) in [6, 6.07) is 19.1. The van der Waals surface area contributed by atoms with E-state index in [1.807, 2.05) is 66.9 Å². The van der Waals surface area contributed by atoms with Crippen LogP contribution in [-0.2, 0) is 6.54 Å². The summed E-state index contributed by atoms with van der Waals surface area (Å²) in [7, 11) is 1.73. The molecule has 0 spiro atoms. The van der Waals surface area contributed by atoms with Gasteiger partial charge in [-0.1, -0.05) is 35.9 Å². The lowest BCUT2D eigenvalue weighted by atomic mass is 10.1. The van der Waals surface area contributed by atoms with E-state index in [1.165, 1.54) is 11.8 Å². The molecule has 0 fully saturated rings. The lowest BCUT2D eigenvalue weighted by Crippen LogP contribution is -2.05. The van der Waals surface area contributed by atoms with Crippen molar-refractivity contribution >= 4 is 41.3 Å². The van der Waals surface area contributed by atoms with Crippen molar-refractivity contribution in [2.24, 2.45) is 4.99 Å². The number of anilines is 1. The monoisotopic (exact) mass is 515 g/mol. The molecule has 0 saturated carbocycles. The first-order valence-corrected chi connectivity index (χ1v) is 12.7. The molecular formula is C26H22ClN7OS. The molecule has 0 aliphatic carbocycles. The molecule has 1 N–H and O–H groups in total. The third-order valence-corrected chi connectivity index (χ3v) is 6.23. The standard InChI is InChI=1S/C26H22ClN7OS/c1-28-16-22-23(18-4-3-5-19(27)14-18)34-26(31-24(22)36-2)32-25(33-34)30-15-17-6-8-20(9-7-17)35-21-10-12-29-13-11-21/h3-14,16H,15H2,1-2H3,(H,30,33). The largest absolute Gasteiger partial charge is 0.457 e.